The van der Waals surface area contributed by atoms with E-state index in [1.807, 2.05) is 29.2 Å². The van der Waals surface area contributed by atoms with Crippen molar-refractivity contribution in [3.05, 3.63) is 52.9 Å². The molecule has 1 saturated heterocycles. The van der Waals surface area contributed by atoms with Crippen molar-refractivity contribution >= 4 is 23.2 Å². The number of hydrogen-bond donors (Lipinski definition) is 0. The van der Waals surface area contributed by atoms with E-state index >= 15 is 0 Å². The standard InChI is InChI=1S/C20H24ClN3O2/c21-17-3-1-4-18(13-17)23-8-10-24(11-9-23)20(25)15-22-7-2-5-19-16(14-22)6-12-26-19/h1,3-4,6,12-13H,2,5,7-11,14-15H2. The molecule has 2 aliphatic rings. The minimum atomic E-state index is 0.225. The molecule has 26 heavy (non-hydrogen) atoms. The number of piperazine rings is 1. The zero-order valence-corrected chi connectivity index (χ0v) is 15.6. The lowest BCUT2D eigenvalue weighted by molar-refractivity contribution is -0.132. The van der Waals surface area contributed by atoms with Crippen LogP contribution in [-0.2, 0) is 17.8 Å². The minimum absolute atomic E-state index is 0.225. The molecule has 0 aliphatic carbocycles. The van der Waals surface area contributed by atoms with E-state index in [1.54, 1.807) is 6.26 Å². The van der Waals surface area contributed by atoms with Gasteiger partial charge in [-0.05, 0) is 37.2 Å². The largest absolute Gasteiger partial charge is 0.469 e. The molecule has 138 valence electrons. The van der Waals surface area contributed by atoms with Crippen LogP contribution in [0.15, 0.2) is 41.0 Å². The zero-order chi connectivity index (χ0) is 17.9. The molecule has 5 nitrogen and oxygen atoms in total. The molecule has 0 unspecified atom stereocenters. The molecule has 0 N–H and O–H groups in total. The van der Waals surface area contributed by atoms with Crippen LogP contribution in [0.4, 0.5) is 5.69 Å². The summed E-state index contributed by atoms with van der Waals surface area (Å²) < 4.78 is 5.53. The van der Waals surface area contributed by atoms with Crippen LogP contribution in [0.1, 0.15) is 17.7 Å². The quantitative estimate of drug-likeness (QED) is 0.829. The molecule has 0 spiro atoms. The van der Waals surface area contributed by atoms with Gasteiger partial charge < -0.3 is 14.2 Å². The molecular formula is C20H24ClN3O2. The highest BCUT2D eigenvalue weighted by molar-refractivity contribution is 6.30. The maximum absolute atomic E-state index is 12.7. The number of carbonyl (C=O) groups is 1. The Hall–Kier alpha value is -1.98. The monoisotopic (exact) mass is 373 g/mol. The van der Waals surface area contributed by atoms with Gasteiger partial charge in [0.15, 0.2) is 0 Å². The summed E-state index contributed by atoms with van der Waals surface area (Å²) in [7, 11) is 0. The van der Waals surface area contributed by atoms with E-state index < -0.39 is 0 Å². The molecule has 3 heterocycles. The van der Waals surface area contributed by atoms with Gasteiger partial charge in [-0.15, -0.1) is 0 Å². The normalized spacial score (nSPS) is 18.5. The van der Waals surface area contributed by atoms with Gasteiger partial charge in [-0.1, -0.05) is 17.7 Å². The first-order valence-corrected chi connectivity index (χ1v) is 9.63. The number of anilines is 1. The molecule has 1 fully saturated rings. The van der Waals surface area contributed by atoms with Gasteiger partial charge in [-0.25, -0.2) is 0 Å². The van der Waals surface area contributed by atoms with Crippen LogP contribution in [0.25, 0.3) is 0 Å². The summed E-state index contributed by atoms with van der Waals surface area (Å²) in [5, 5.41) is 0.751. The molecule has 1 amide bonds. The third kappa shape index (κ3) is 3.89. The predicted molar refractivity (Wildman–Crippen MR) is 103 cm³/mol. The number of hydrogen-bond acceptors (Lipinski definition) is 4. The molecule has 4 rings (SSSR count). The Kier molecular flexibility index (Phi) is 5.18. The van der Waals surface area contributed by atoms with Crippen LogP contribution in [0, 0.1) is 0 Å². The lowest BCUT2D eigenvalue weighted by atomic mass is 10.2. The van der Waals surface area contributed by atoms with Gasteiger partial charge in [-0.3, -0.25) is 9.69 Å². The molecule has 2 aliphatic heterocycles. The molecule has 1 aromatic carbocycles. The summed E-state index contributed by atoms with van der Waals surface area (Å²) in [6, 6.07) is 9.94. The number of halogens is 1. The van der Waals surface area contributed by atoms with Crippen LogP contribution in [0.5, 0.6) is 0 Å². The number of aryl methyl sites for hydroxylation is 1. The summed E-state index contributed by atoms with van der Waals surface area (Å²) in [4.78, 5) is 19.3. The summed E-state index contributed by atoms with van der Waals surface area (Å²) in [5.41, 5.74) is 2.35. The maximum atomic E-state index is 12.7. The Labute approximate surface area is 159 Å². The maximum Gasteiger partial charge on any atom is 0.236 e. The lowest BCUT2D eigenvalue weighted by Crippen LogP contribution is -2.51. The van der Waals surface area contributed by atoms with Crippen molar-refractivity contribution in [2.24, 2.45) is 0 Å². The Morgan fingerprint density at radius 3 is 2.77 bits per heavy atom. The van der Waals surface area contributed by atoms with E-state index in [9.17, 15) is 4.79 Å². The van der Waals surface area contributed by atoms with Crippen molar-refractivity contribution < 1.29 is 9.21 Å². The molecule has 6 heteroatoms. The van der Waals surface area contributed by atoms with Crippen molar-refractivity contribution in [1.29, 1.82) is 0 Å². The minimum Gasteiger partial charge on any atom is -0.469 e. The van der Waals surface area contributed by atoms with Gasteiger partial charge in [0.1, 0.15) is 5.76 Å². The SMILES string of the molecule is O=C(CN1CCCc2occc2C1)N1CCN(c2cccc(Cl)c2)CC1. The molecule has 0 radical (unpaired) electrons. The molecule has 0 bridgehead atoms. The van der Waals surface area contributed by atoms with Gasteiger partial charge >= 0.3 is 0 Å². The third-order valence-electron chi connectivity index (χ3n) is 5.27. The average Bonchev–Trinajstić information content (AvgIpc) is 3.00. The Balaban J connectivity index is 1.31. The van der Waals surface area contributed by atoms with E-state index in [1.165, 1.54) is 5.56 Å². The van der Waals surface area contributed by atoms with Crippen LogP contribution < -0.4 is 4.90 Å². The van der Waals surface area contributed by atoms with E-state index in [4.69, 9.17) is 16.0 Å². The van der Waals surface area contributed by atoms with E-state index in [2.05, 4.69) is 15.9 Å². The van der Waals surface area contributed by atoms with Gasteiger partial charge in [0.05, 0.1) is 12.8 Å². The van der Waals surface area contributed by atoms with Crippen molar-refractivity contribution in [1.82, 2.24) is 9.80 Å². The molecule has 0 saturated carbocycles. The third-order valence-corrected chi connectivity index (χ3v) is 5.51. The molecule has 1 aromatic heterocycles. The molecule has 0 atom stereocenters. The van der Waals surface area contributed by atoms with E-state index in [0.717, 1.165) is 68.6 Å². The summed E-state index contributed by atoms with van der Waals surface area (Å²) in [6.45, 7) is 5.45. The highest BCUT2D eigenvalue weighted by Gasteiger charge is 2.24. The number of furan rings is 1. The van der Waals surface area contributed by atoms with E-state index in [0.29, 0.717) is 6.54 Å². The predicted octanol–water partition coefficient (Wildman–Crippen LogP) is 3.03. The summed E-state index contributed by atoms with van der Waals surface area (Å²) in [5.74, 6) is 1.30. The highest BCUT2D eigenvalue weighted by atomic mass is 35.5. The Morgan fingerprint density at radius 2 is 1.96 bits per heavy atom. The first-order chi connectivity index (χ1) is 12.7. The summed E-state index contributed by atoms with van der Waals surface area (Å²) in [6.07, 6.45) is 3.76. The number of rotatable bonds is 3. The second kappa shape index (κ2) is 7.72. The highest BCUT2D eigenvalue weighted by Crippen LogP contribution is 2.22. The lowest BCUT2D eigenvalue weighted by Gasteiger charge is -2.37. The zero-order valence-electron chi connectivity index (χ0n) is 14.9. The first-order valence-electron chi connectivity index (χ1n) is 9.25. The fourth-order valence-electron chi connectivity index (χ4n) is 3.82. The fraction of sp³-hybridized carbons (Fsp3) is 0.450. The van der Waals surface area contributed by atoms with Gasteiger partial charge in [0, 0.05) is 55.4 Å². The van der Waals surface area contributed by atoms with Gasteiger partial charge in [-0.2, -0.15) is 0 Å². The average molecular weight is 374 g/mol. The number of carbonyl (C=O) groups excluding carboxylic acids is 1. The van der Waals surface area contributed by atoms with Crippen molar-refractivity contribution in [3.8, 4) is 0 Å². The Morgan fingerprint density at radius 1 is 1.12 bits per heavy atom. The smallest absolute Gasteiger partial charge is 0.236 e. The van der Waals surface area contributed by atoms with Crippen molar-refractivity contribution in [2.75, 3.05) is 44.2 Å². The van der Waals surface area contributed by atoms with E-state index in [-0.39, 0.29) is 5.91 Å². The molecular weight excluding hydrogens is 350 g/mol. The second-order valence-electron chi connectivity index (χ2n) is 7.03. The number of nitrogens with zero attached hydrogens (tertiary/aromatic N) is 3. The van der Waals surface area contributed by atoms with Crippen molar-refractivity contribution in [2.45, 2.75) is 19.4 Å². The van der Waals surface area contributed by atoms with Crippen LogP contribution >= 0.6 is 11.6 Å². The number of benzene rings is 1. The fourth-order valence-corrected chi connectivity index (χ4v) is 4.01. The van der Waals surface area contributed by atoms with Crippen molar-refractivity contribution in [3.63, 3.8) is 0 Å². The van der Waals surface area contributed by atoms with Crippen LogP contribution in [-0.4, -0.2) is 55.0 Å². The van der Waals surface area contributed by atoms with Gasteiger partial charge in [0.25, 0.3) is 0 Å². The van der Waals surface area contributed by atoms with Gasteiger partial charge in [0.2, 0.25) is 5.91 Å². The second-order valence-corrected chi connectivity index (χ2v) is 7.47. The van der Waals surface area contributed by atoms with Crippen LogP contribution in [0.3, 0.4) is 0 Å². The van der Waals surface area contributed by atoms with Crippen LogP contribution in [0.2, 0.25) is 5.02 Å². The molecule has 2 aromatic rings. The Bertz CT molecular complexity index is 768. The summed E-state index contributed by atoms with van der Waals surface area (Å²) >= 11 is 6.09. The first kappa shape index (κ1) is 17.4. The number of amides is 1. The number of fused-ring (bicyclic) bond motifs is 1. The topological polar surface area (TPSA) is 39.9 Å².